The number of hydrogen-bond acceptors (Lipinski definition) is 5. The van der Waals surface area contributed by atoms with Gasteiger partial charge in [-0.15, -0.1) is 0 Å². The van der Waals surface area contributed by atoms with Crippen molar-refractivity contribution in [3.8, 4) is 17.8 Å². The van der Waals surface area contributed by atoms with Crippen molar-refractivity contribution in [2.45, 2.75) is 6.55 Å². The Bertz CT molecular complexity index is 1140. The van der Waals surface area contributed by atoms with Crippen LogP contribution in [0, 0.1) is 28.5 Å². The summed E-state index contributed by atoms with van der Waals surface area (Å²) >= 11 is 5.73. The summed E-state index contributed by atoms with van der Waals surface area (Å²) in [4.78, 5) is 12.2. The molecule has 1 N–H and O–H groups in total. The molecule has 13 heteroatoms. The van der Waals surface area contributed by atoms with Gasteiger partial charge in [0.1, 0.15) is 18.0 Å². The van der Waals surface area contributed by atoms with Gasteiger partial charge in [-0.25, -0.2) is 26.7 Å². The van der Waals surface area contributed by atoms with Crippen LogP contribution in [-0.4, -0.2) is 23.8 Å². The summed E-state index contributed by atoms with van der Waals surface area (Å²) in [6, 6.07) is 4.05. The third-order valence-electron chi connectivity index (χ3n) is 3.07. The maximum atomic E-state index is 14.3. The van der Waals surface area contributed by atoms with Gasteiger partial charge in [-0.2, -0.15) is 19.3 Å². The van der Waals surface area contributed by atoms with Crippen LogP contribution >= 0.6 is 11.6 Å². The Kier molecular flexibility index (Phi) is 5.02. The van der Waals surface area contributed by atoms with E-state index in [-0.39, 0.29) is 19.8 Å². The van der Waals surface area contributed by atoms with Gasteiger partial charge in [0, 0.05) is 0 Å². The van der Waals surface area contributed by atoms with E-state index in [1.54, 1.807) is 0 Å². The zero-order valence-electron chi connectivity index (χ0n) is 12.7. The Morgan fingerprint density at radius 1 is 1.23 bits per heavy atom. The van der Waals surface area contributed by atoms with Gasteiger partial charge in [-0.3, -0.25) is 4.72 Å². The number of benzene rings is 1. The van der Waals surface area contributed by atoms with Gasteiger partial charge in [-0.1, -0.05) is 11.6 Å². The molecule has 0 fully saturated rings. The minimum Gasteiger partial charge on any atom is -0.282 e. The van der Waals surface area contributed by atoms with Gasteiger partial charge in [-0.05, 0) is 12.1 Å². The second kappa shape index (κ2) is 6.74. The predicted molar refractivity (Wildman–Crippen MR) is 84.1 cm³/mol. The molecule has 1 aromatic carbocycles. The Balaban J connectivity index is 2.90. The highest BCUT2D eigenvalue weighted by Crippen LogP contribution is 2.29. The number of nitrogens with zero attached hydrogens (tertiary/aromatic N) is 4. The molecule has 0 aliphatic carbocycles. The van der Waals surface area contributed by atoms with Crippen LogP contribution in [0.1, 0.15) is 17.9 Å². The van der Waals surface area contributed by atoms with E-state index in [1.165, 1.54) is 12.1 Å². The molecular weight excluding hydrogens is 399 g/mol. The maximum absolute atomic E-state index is 14.3. The lowest BCUT2D eigenvalue weighted by Crippen LogP contribution is -2.25. The van der Waals surface area contributed by atoms with Crippen molar-refractivity contribution in [1.82, 2.24) is 9.13 Å². The molecule has 2 aromatic rings. The van der Waals surface area contributed by atoms with Crippen LogP contribution in [0.4, 0.5) is 18.9 Å². The Morgan fingerprint density at radius 3 is 2.27 bits per heavy atom. The summed E-state index contributed by atoms with van der Waals surface area (Å²) in [5.74, 6) is -1.21. The number of sulfonamides is 1. The van der Waals surface area contributed by atoms with E-state index < -0.39 is 45.2 Å². The molecule has 2 rings (SSSR count). The maximum Gasteiger partial charge on any atom is 0.339 e. The van der Waals surface area contributed by atoms with E-state index in [2.05, 4.69) is 0 Å². The van der Waals surface area contributed by atoms with Crippen molar-refractivity contribution in [2.24, 2.45) is 0 Å². The molecule has 0 aliphatic rings. The van der Waals surface area contributed by atoms with Gasteiger partial charge < -0.3 is 0 Å². The summed E-state index contributed by atoms with van der Waals surface area (Å²) in [5, 5.41) is 17.7. The highest BCUT2D eigenvalue weighted by atomic mass is 35.5. The van der Waals surface area contributed by atoms with E-state index in [0.29, 0.717) is 6.07 Å². The van der Waals surface area contributed by atoms with Crippen LogP contribution in [0.5, 0.6) is 0 Å². The number of aromatic nitrogens is 2. The van der Waals surface area contributed by atoms with Crippen molar-refractivity contribution < 1.29 is 21.6 Å². The first-order valence-corrected chi connectivity index (χ1v) is 8.71. The average Bonchev–Trinajstić information content (AvgIpc) is 2.80. The Labute approximate surface area is 149 Å². The molecular formula is C13H7ClF3N5O3S. The van der Waals surface area contributed by atoms with E-state index in [4.69, 9.17) is 22.1 Å². The molecule has 0 saturated carbocycles. The number of halogens is 4. The highest BCUT2D eigenvalue weighted by Gasteiger charge is 2.27. The highest BCUT2D eigenvalue weighted by molar-refractivity contribution is 7.92. The molecule has 0 radical (unpaired) electrons. The summed E-state index contributed by atoms with van der Waals surface area (Å²) in [5.41, 5.74) is -4.47. The molecule has 26 heavy (non-hydrogen) atoms. The van der Waals surface area contributed by atoms with E-state index in [1.807, 2.05) is 4.72 Å². The minimum atomic E-state index is -3.85. The molecule has 0 amide bonds. The van der Waals surface area contributed by atoms with E-state index in [0.717, 1.165) is 12.3 Å². The first-order chi connectivity index (χ1) is 12.0. The van der Waals surface area contributed by atoms with Crippen molar-refractivity contribution in [3.63, 3.8) is 0 Å². The fourth-order valence-electron chi connectivity index (χ4n) is 2.12. The minimum absolute atomic E-state index is 0.240. The van der Waals surface area contributed by atoms with E-state index in [9.17, 15) is 26.4 Å². The fourth-order valence-corrected chi connectivity index (χ4v) is 2.94. The normalized spacial score (nSPS) is 11.2. The molecule has 1 heterocycles. The Hall–Kier alpha value is -2.96. The topological polar surface area (TPSA) is 121 Å². The zero-order valence-corrected chi connectivity index (χ0v) is 14.2. The summed E-state index contributed by atoms with van der Waals surface area (Å²) in [6.07, 6.45) is 0.778. The second-order valence-electron chi connectivity index (χ2n) is 4.84. The predicted octanol–water partition coefficient (Wildman–Crippen LogP) is 1.94. The third kappa shape index (κ3) is 3.37. The van der Waals surface area contributed by atoms with Crippen molar-refractivity contribution in [3.05, 3.63) is 44.8 Å². The quantitative estimate of drug-likeness (QED) is 0.833. The van der Waals surface area contributed by atoms with Crippen LogP contribution in [0.15, 0.2) is 16.9 Å². The largest absolute Gasteiger partial charge is 0.339 e. The summed E-state index contributed by atoms with van der Waals surface area (Å²) in [7, 11) is -3.85. The number of anilines is 1. The molecule has 0 spiro atoms. The lowest BCUT2D eigenvalue weighted by Gasteiger charge is -2.11. The molecule has 0 aliphatic heterocycles. The lowest BCUT2D eigenvalue weighted by molar-refractivity contribution is 0.0654. The number of alkyl halides is 2. The SMILES string of the molecule is CS(=O)(=O)Nc1cc(-n2c(C#N)c(C#N)n(C(F)F)c2=O)c(F)cc1Cl. The fraction of sp³-hybridized carbons (Fsp3) is 0.154. The third-order valence-corrected chi connectivity index (χ3v) is 3.97. The van der Waals surface area contributed by atoms with Gasteiger partial charge in [0.25, 0.3) is 0 Å². The first kappa shape index (κ1) is 19.4. The number of nitrogens with one attached hydrogen (secondary N) is 1. The molecule has 1 aromatic heterocycles. The van der Waals surface area contributed by atoms with Gasteiger partial charge in [0.15, 0.2) is 11.4 Å². The molecule has 0 atom stereocenters. The number of hydrogen-bond donors (Lipinski definition) is 1. The number of imidazole rings is 1. The second-order valence-corrected chi connectivity index (χ2v) is 7.00. The van der Waals surface area contributed by atoms with Crippen molar-refractivity contribution in [1.29, 1.82) is 10.5 Å². The van der Waals surface area contributed by atoms with E-state index >= 15 is 0 Å². The van der Waals surface area contributed by atoms with Gasteiger partial charge >= 0.3 is 12.2 Å². The van der Waals surface area contributed by atoms with Crippen LogP contribution in [0.25, 0.3) is 5.69 Å². The monoisotopic (exact) mass is 405 g/mol. The van der Waals surface area contributed by atoms with Crippen LogP contribution in [0.2, 0.25) is 5.02 Å². The molecule has 136 valence electrons. The molecule has 8 nitrogen and oxygen atoms in total. The summed E-state index contributed by atoms with van der Waals surface area (Å²) in [6.45, 7) is -3.46. The number of nitriles is 2. The summed E-state index contributed by atoms with van der Waals surface area (Å²) < 4.78 is 65.0. The van der Waals surface area contributed by atoms with Crippen LogP contribution in [-0.2, 0) is 10.0 Å². The van der Waals surface area contributed by atoms with Crippen molar-refractivity contribution >= 4 is 27.3 Å². The average molecular weight is 406 g/mol. The first-order valence-electron chi connectivity index (χ1n) is 6.44. The smallest absolute Gasteiger partial charge is 0.282 e. The lowest BCUT2D eigenvalue weighted by atomic mass is 10.2. The molecule has 0 unspecified atom stereocenters. The van der Waals surface area contributed by atoms with Gasteiger partial charge in [0.05, 0.1) is 22.7 Å². The number of rotatable bonds is 4. The van der Waals surface area contributed by atoms with Crippen LogP contribution in [0.3, 0.4) is 0 Å². The van der Waals surface area contributed by atoms with Gasteiger partial charge in [0.2, 0.25) is 10.0 Å². The molecule has 0 bridgehead atoms. The Morgan fingerprint density at radius 2 is 1.81 bits per heavy atom. The van der Waals surface area contributed by atoms with Crippen LogP contribution < -0.4 is 10.4 Å². The standard InChI is InChI=1S/C13H7ClF3N5O3S/c1-26(24,25)20-8-3-9(7(15)2-6(8)14)21-10(4-18)11(5-19)22(12(16)17)13(21)23/h2-3,12,20H,1H3. The van der Waals surface area contributed by atoms with Crippen molar-refractivity contribution in [2.75, 3.05) is 11.0 Å². The molecule has 0 saturated heterocycles. The zero-order chi connectivity index (χ0) is 19.8.